The number of phenolic OH excluding ortho intramolecular Hbond substituents is 2. The van der Waals surface area contributed by atoms with E-state index in [2.05, 4.69) is 11.3 Å². The number of aromatic hydroxyl groups is 2. The van der Waals surface area contributed by atoms with Crippen molar-refractivity contribution in [3.8, 4) is 11.5 Å². The molecule has 0 amide bonds. The molecule has 0 fully saturated rings. The number of hydrogen-bond donors (Lipinski definition) is 2. The second kappa shape index (κ2) is 11.3. The lowest BCUT2D eigenvalue weighted by Gasteiger charge is -1.83. The molecule has 0 aromatic heterocycles. The van der Waals surface area contributed by atoms with Crippen molar-refractivity contribution in [2.45, 2.75) is 0 Å². The fraction of sp³-hybridized carbons (Fsp3) is 0.0625. The summed E-state index contributed by atoms with van der Waals surface area (Å²) in [5, 5.41) is 17.3. The van der Waals surface area contributed by atoms with E-state index in [9.17, 15) is 4.79 Å². The van der Waals surface area contributed by atoms with Gasteiger partial charge in [0.2, 0.25) is 0 Å². The second-order valence-corrected chi connectivity index (χ2v) is 3.40. The number of benzene rings is 2. The highest BCUT2D eigenvalue weighted by Crippen LogP contribution is 2.03. The summed E-state index contributed by atoms with van der Waals surface area (Å²) in [6.07, 6.45) is 1.11. The predicted octanol–water partition coefficient (Wildman–Crippen LogP) is 3.13. The highest BCUT2D eigenvalue weighted by Gasteiger charge is 1.82. The van der Waals surface area contributed by atoms with Crippen LogP contribution in [0, 0.1) is 0 Å². The minimum Gasteiger partial charge on any atom is -0.508 e. The van der Waals surface area contributed by atoms with Crippen molar-refractivity contribution < 1.29 is 19.7 Å². The van der Waals surface area contributed by atoms with Gasteiger partial charge in [-0.15, -0.1) is 0 Å². The van der Waals surface area contributed by atoms with E-state index in [1.54, 1.807) is 48.5 Å². The summed E-state index contributed by atoms with van der Waals surface area (Å²) >= 11 is 0. The number of para-hydroxylation sites is 2. The first kappa shape index (κ1) is 17.2. The first-order chi connectivity index (χ1) is 9.60. The molecular weight excluding hydrogens is 256 g/mol. The molecule has 2 aromatic carbocycles. The van der Waals surface area contributed by atoms with Gasteiger partial charge in [-0.3, -0.25) is 0 Å². The molecular formula is C16H18O4. The maximum atomic E-state index is 9.84. The van der Waals surface area contributed by atoms with Crippen LogP contribution in [0.25, 0.3) is 0 Å². The van der Waals surface area contributed by atoms with Gasteiger partial charge in [-0.2, -0.15) is 0 Å². The fourth-order valence-corrected chi connectivity index (χ4v) is 0.939. The van der Waals surface area contributed by atoms with E-state index in [1.165, 1.54) is 7.11 Å². The Labute approximate surface area is 118 Å². The van der Waals surface area contributed by atoms with E-state index in [1.807, 2.05) is 12.1 Å². The van der Waals surface area contributed by atoms with Gasteiger partial charge in [0.25, 0.3) is 0 Å². The number of hydrogen-bond acceptors (Lipinski definition) is 4. The lowest BCUT2D eigenvalue weighted by Crippen LogP contribution is -1.91. The van der Waals surface area contributed by atoms with Crippen LogP contribution in [0.2, 0.25) is 0 Å². The third kappa shape index (κ3) is 10.4. The number of methoxy groups -OCH3 is 1. The van der Waals surface area contributed by atoms with Gasteiger partial charge in [0.05, 0.1) is 7.11 Å². The van der Waals surface area contributed by atoms with Gasteiger partial charge >= 0.3 is 5.97 Å². The molecule has 0 aliphatic carbocycles. The standard InChI is InChI=1S/2C6H6O.C4H6O2/c2*7-6-4-2-1-3-5-6;1-3-4(5)6-2/h2*1-5,7H;3H,1H2,2H3. The number of carbonyl (C=O) groups excluding carboxylic acids is 1. The number of esters is 1. The van der Waals surface area contributed by atoms with Gasteiger partial charge in [0.1, 0.15) is 11.5 Å². The predicted molar refractivity (Wildman–Crippen MR) is 78.4 cm³/mol. The Kier molecular flexibility index (Phi) is 9.79. The molecule has 2 N–H and O–H groups in total. The lowest BCUT2D eigenvalue weighted by molar-refractivity contribution is -0.134. The Bertz CT molecular complexity index is 443. The Morgan fingerprint density at radius 3 is 1.40 bits per heavy atom. The monoisotopic (exact) mass is 274 g/mol. The maximum Gasteiger partial charge on any atom is 0.329 e. The zero-order valence-corrected chi connectivity index (χ0v) is 11.3. The van der Waals surface area contributed by atoms with Crippen LogP contribution in [-0.2, 0) is 9.53 Å². The van der Waals surface area contributed by atoms with Crippen LogP contribution in [0.15, 0.2) is 73.3 Å². The molecule has 20 heavy (non-hydrogen) atoms. The Balaban J connectivity index is 0.000000272. The zero-order valence-electron chi connectivity index (χ0n) is 11.3. The van der Waals surface area contributed by atoms with Gasteiger partial charge < -0.3 is 14.9 Å². The third-order valence-corrected chi connectivity index (χ3v) is 1.88. The smallest absolute Gasteiger partial charge is 0.329 e. The third-order valence-electron chi connectivity index (χ3n) is 1.88. The topological polar surface area (TPSA) is 66.8 Å². The van der Waals surface area contributed by atoms with Gasteiger partial charge in [0, 0.05) is 6.08 Å². The number of phenols is 2. The van der Waals surface area contributed by atoms with Crippen molar-refractivity contribution in [2.75, 3.05) is 7.11 Å². The van der Waals surface area contributed by atoms with Crippen LogP contribution in [0.1, 0.15) is 0 Å². The van der Waals surface area contributed by atoms with Crippen LogP contribution in [-0.4, -0.2) is 23.3 Å². The van der Waals surface area contributed by atoms with Gasteiger partial charge in [-0.1, -0.05) is 43.0 Å². The molecule has 0 spiro atoms. The summed E-state index contributed by atoms with van der Waals surface area (Å²) in [5.74, 6) is 0.250. The van der Waals surface area contributed by atoms with Gasteiger partial charge in [0.15, 0.2) is 0 Å². The molecule has 0 saturated heterocycles. The Morgan fingerprint density at radius 1 is 0.950 bits per heavy atom. The molecule has 4 nitrogen and oxygen atoms in total. The first-order valence-electron chi connectivity index (χ1n) is 5.78. The summed E-state index contributed by atoms with van der Waals surface area (Å²) < 4.78 is 4.14. The Morgan fingerprint density at radius 2 is 1.30 bits per heavy atom. The van der Waals surface area contributed by atoms with E-state index in [0.29, 0.717) is 11.5 Å². The SMILES string of the molecule is C=CC(=O)OC.Oc1ccccc1.Oc1ccccc1. The molecule has 0 saturated carbocycles. The van der Waals surface area contributed by atoms with Crippen LogP contribution in [0.5, 0.6) is 11.5 Å². The number of carbonyl (C=O) groups is 1. The highest BCUT2D eigenvalue weighted by atomic mass is 16.5. The molecule has 106 valence electrons. The van der Waals surface area contributed by atoms with Crippen molar-refractivity contribution in [3.63, 3.8) is 0 Å². The number of rotatable bonds is 1. The Hall–Kier alpha value is -2.75. The second-order valence-electron chi connectivity index (χ2n) is 3.40. The van der Waals surface area contributed by atoms with E-state index >= 15 is 0 Å². The summed E-state index contributed by atoms with van der Waals surface area (Å²) in [5.41, 5.74) is 0. The molecule has 0 heterocycles. The first-order valence-corrected chi connectivity index (χ1v) is 5.78. The molecule has 0 radical (unpaired) electrons. The summed E-state index contributed by atoms with van der Waals surface area (Å²) in [7, 11) is 1.31. The van der Waals surface area contributed by atoms with Crippen molar-refractivity contribution in [1.82, 2.24) is 0 Å². The summed E-state index contributed by atoms with van der Waals surface area (Å²) in [6, 6.07) is 17.4. The molecule has 0 unspecified atom stereocenters. The molecule has 4 heteroatoms. The average molecular weight is 274 g/mol. The van der Waals surface area contributed by atoms with Crippen LogP contribution >= 0.6 is 0 Å². The fourth-order valence-electron chi connectivity index (χ4n) is 0.939. The zero-order chi connectivity index (χ0) is 15.2. The van der Waals surface area contributed by atoms with Crippen LogP contribution < -0.4 is 0 Å². The maximum absolute atomic E-state index is 9.84. The average Bonchev–Trinajstić information content (AvgIpc) is 2.49. The lowest BCUT2D eigenvalue weighted by atomic mass is 10.3. The summed E-state index contributed by atoms with van der Waals surface area (Å²) in [6.45, 7) is 3.16. The molecule has 0 aliphatic heterocycles. The minimum absolute atomic E-state index is 0.322. The van der Waals surface area contributed by atoms with Crippen molar-refractivity contribution in [3.05, 3.63) is 73.3 Å². The normalized spacial score (nSPS) is 8.05. The summed E-state index contributed by atoms with van der Waals surface area (Å²) in [4.78, 5) is 9.84. The van der Waals surface area contributed by atoms with Crippen molar-refractivity contribution in [2.24, 2.45) is 0 Å². The van der Waals surface area contributed by atoms with Crippen LogP contribution in [0.3, 0.4) is 0 Å². The largest absolute Gasteiger partial charge is 0.508 e. The molecule has 2 rings (SSSR count). The highest BCUT2D eigenvalue weighted by molar-refractivity contribution is 5.80. The quantitative estimate of drug-likeness (QED) is 0.619. The van der Waals surface area contributed by atoms with Crippen molar-refractivity contribution in [1.29, 1.82) is 0 Å². The van der Waals surface area contributed by atoms with Crippen LogP contribution in [0.4, 0.5) is 0 Å². The van der Waals surface area contributed by atoms with Crippen molar-refractivity contribution >= 4 is 5.97 Å². The number of ether oxygens (including phenoxy) is 1. The van der Waals surface area contributed by atoms with E-state index < -0.39 is 5.97 Å². The van der Waals surface area contributed by atoms with E-state index in [0.717, 1.165) is 6.08 Å². The molecule has 2 aromatic rings. The molecule has 0 aliphatic rings. The molecule has 0 atom stereocenters. The van der Waals surface area contributed by atoms with E-state index in [4.69, 9.17) is 10.2 Å². The van der Waals surface area contributed by atoms with E-state index in [-0.39, 0.29) is 0 Å². The van der Waals surface area contributed by atoms with Gasteiger partial charge in [-0.05, 0) is 24.3 Å². The molecule has 0 bridgehead atoms. The minimum atomic E-state index is -0.394. The van der Waals surface area contributed by atoms with Gasteiger partial charge in [-0.25, -0.2) is 4.79 Å².